The van der Waals surface area contributed by atoms with Gasteiger partial charge >= 0.3 is 0 Å². The van der Waals surface area contributed by atoms with Crippen LogP contribution >= 0.6 is 0 Å². The molecule has 0 aromatic heterocycles. The average Bonchev–Trinajstić information content (AvgIpc) is 3.55. The molecule has 2 fully saturated rings. The van der Waals surface area contributed by atoms with Gasteiger partial charge in [0.05, 0.1) is 13.7 Å². The van der Waals surface area contributed by atoms with Gasteiger partial charge in [0.15, 0.2) is 11.5 Å². The number of allylic oxidation sites excluding steroid dienone is 4. The van der Waals surface area contributed by atoms with Crippen molar-refractivity contribution in [1.82, 2.24) is 4.90 Å². The first-order valence-corrected chi connectivity index (χ1v) is 15.0. The van der Waals surface area contributed by atoms with Gasteiger partial charge in [-0.05, 0) is 81.2 Å². The van der Waals surface area contributed by atoms with Gasteiger partial charge in [0.25, 0.3) is 0 Å². The fourth-order valence-electron chi connectivity index (χ4n) is 6.00. The number of amides is 1. The van der Waals surface area contributed by atoms with Gasteiger partial charge in [0, 0.05) is 31.4 Å². The first-order chi connectivity index (χ1) is 19.6. The van der Waals surface area contributed by atoms with Crippen LogP contribution in [0, 0.1) is 11.3 Å². The topological polar surface area (TPSA) is 77.3 Å². The van der Waals surface area contributed by atoms with Crippen LogP contribution in [0.3, 0.4) is 0 Å². The number of carbonyl (C=O) groups excluding carboxylic acids is 1. The minimum Gasteiger partial charge on any atom is -0.493 e. The van der Waals surface area contributed by atoms with E-state index in [1.54, 1.807) is 7.11 Å². The molecule has 7 heteroatoms. The summed E-state index contributed by atoms with van der Waals surface area (Å²) in [6, 6.07) is 8.34. The van der Waals surface area contributed by atoms with Crippen LogP contribution in [0.15, 0.2) is 71.4 Å². The molecule has 0 aliphatic carbocycles. The van der Waals surface area contributed by atoms with E-state index in [-0.39, 0.29) is 30.1 Å². The number of rotatable bonds is 13. The second kappa shape index (κ2) is 15.3. The van der Waals surface area contributed by atoms with E-state index >= 15 is 0 Å². The molecule has 0 spiro atoms. The second-order valence-electron chi connectivity index (χ2n) is 12.1. The molecular weight excluding hydrogens is 514 g/mol. The zero-order valence-corrected chi connectivity index (χ0v) is 26.2. The molecule has 2 atom stereocenters. The van der Waals surface area contributed by atoms with E-state index in [4.69, 9.17) is 19.9 Å². The molecule has 2 saturated heterocycles. The summed E-state index contributed by atoms with van der Waals surface area (Å²) in [5.74, 6) is 2.39. The van der Waals surface area contributed by atoms with Crippen LogP contribution in [0.5, 0.6) is 0 Å². The van der Waals surface area contributed by atoms with Gasteiger partial charge < -0.3 is 24.8 Å². The molecule has 2 aliphatic rings. The number of carbonyl (C=O) groups is 1. The van der Waals surface area contributed by atoms with E-state index in [1.165, 1.54) is 5.57 Å². The smallest absolute Gasteiger partial charge is 0.241 e. The molecule has 2 heterocycles. The standard InChI is InChI=1S/C34H51N3O4/c1-8-10-16-37(28-13-11-12-26(17-28)21-35)32(38)23-36-22-27(18-29(36)20-34(5,6)19-25(3)4)14-15-31(39-7)33-30(9-2)40-24-41-33/h9,11-15,17,19,27,29H,8,10,16,18,20-24,35H2,1-7H3/b15-14+,30-9+,33-31-. The number of benzene rings is 1. The number of unbranched alkanes of at least 4 members (excludes halogenated alkanes) is 1. The van der Waals surface area contributed by atoms with Crippen LogP contribution in [0.1, 0.15) is 72.8 Å². The summed E-state index contributed by atoms with van der Waals surface area (Å²) in [6.45, 7) is 15.5. The lowest BCUT2D eigenvalue weighted by Crippen LogP contribution is -2.44. The average molecular weight is 566 g/mol. The van der Waals surface area contributed by atoms with Crippen LogP contribution in [0.25, 0.3) is 0 Å². The van der Waals surface area contributed by atoms with E-state index in [9.17, 15) is 4.79 Å². The number of likely N-dealkylation sites (tertiary alicyclic amines) is 1. The quantitative estimate of drug-likeness (QED) is 0.213. The number of hydrogen-bond donors (Lipinski definition) is 1. The van der Waals surface area contributed by atoms with E-state index in [2.05, 4.69) is 51.7 Å². The predicted molar refractivity (Wildman–Crippen MR) is 167 cm³/mol. The Labute approximate surface area is 247 Å². The molecule has 41 heavy (non-hydrogen) atoms. The van der Waals surface area contributed by atoms with Crippen LogP contribution in [0.2, 0.25) is 0 Å². The fraction of sp³-hybridized carbons (Fsp3) is 0.559. The van der Waals surface area contributed by atoms with E-state index in [1.807, 2.05) is 48.2 Å². The lowest BCUT2D eigenvalue weighted by Gasteiger charge is -2.32. The van der Waals surface area contributed by atoms with Gasteiger partial charge in [-0.3, -0.25) is 9.69 Å². The molecule has 1 aromatic carbocycles. The number of nitrogens with two attached hydrogens (primary N) is 1. The maximum Gasteiger partial charge on any atom is 0.241 e. The normalized spacial score (nSPS) is 21.6. The van der Waals surface area contributed by atoms with Gasteiger partial charge in [-0.15, -0.1) is 0 Å². The Kier molecular flexibility index (Phi) is 12.1. The van der Waals surface area contributed by atoms with Crippen molar-refractivity contribution >= 4 is 11.6 Å². The van der Waals surface area contributed by atoms with Crippen molar-refractivity contribution in [2.75, 3.05) is 38.4 Å². The molecule has 226 valence electrons. The molecule has 2 unspecified atom stereocenters. The zero-order chi connectivity index (χ0) is 30.0. The van der Waals surface area contributed by atoms with Crippen molar-refractivity contribution in [3.63, 3.8) is 0 Å². The molecule has 0 bridgehead atoms. The monoisotopic (exact) mass is 565 g/mol. The summed E-state index contributed by atoms with van der Waals surface area (Å²) in [4.78, 5) is 18.3. The van der Waals surface area contributed by atoms with Crippen LogP contribution in [-0.4, -0.2) is 50.4 Å². The Morgan fingerprint density at radius 3 is 2.71 bits per heavy atom. The number of nitrogens with zero attached hydrogens (tertiary/aromatic N) is 2. The SMILES string of the molecule is C/C=C1/OCO/C1=C(/C=C/C1CC(CC(C)(C)C=C(C)C)N(CC(=O)N(CCCC)c2cccc(CN)c2)C1)OC. The Morgan fingerprint density at radius 1 is 1.27 bits per heavy atom. The highest BCUT2D eigenvalue weighted by molar-refractivity contribution is 5.95. The van der Waals surface area contributed by atoms with Crippen molar-refractivity contribution in [2.45, 2.75) is 79.8 Å². The molecule has 3 rings (SSSR count). The predicted octanol–water partition coefficient (Wildman–Crippen LogP) is 6.67. The third-order valence-corrected chi connectivity index (χ3v) is 7.70. The minimum atomic E-state index is 0.0241. The van der Waals surface area contributed by atoms with Crippen LogP contribution in [0.4, 0.5) is 5.69 Å². The maximum atomic E-state index is 13.9. The molecule has 0 saturated carbocycles. The summed E-state index contributed by atoms with van der Waals surface area (Å²) >= 11 is 0. The summed E-state index contributed by atoms with van der Waals surface area (Å²) in [5.41, 5.74) is 9.21. The lowest BCUT2D eigenvalue weighted by atomic mass is 9.83. The summed E-state index contributed by atoms with van der Waals surface area (Å²) < 4.78 is 16.9. The lowest BCUT2D eigenvalue weighted by molar-refractivity contribution is -0.120. The highest BCUT2D eigenvalue weighted by atomic mass is 16.7. The largest absolute Gasteiger partial charge is 0.493 e. The van der Waals surface area contributed by atoms with Gasteiger partial charge in [0.2, 0.25) is 18.5 Å². The Hall–Kier alpha value is -3.03. The van der Waals surface area contributed by atoms with Gasteiger partial charge in [-0.1, -0.05) is 57.0 Å². The molecule has 2 aliphatic heterocycles. The van der Waals surface area contributed by atoms with Crippen molar-refractivity contribution in [3.05, 3.63) is 77.0 Å². The van der Waals surface area contributed by atoms with Crippen LogP contribution < -0.4 is 10.6 Å². The third kappa shape index (κ3) is 9.23. The van der Waals surface area contributed by atoms with E-state index in [0.29, 0.717) is 36.9 Å². The Bertz CT molecular complexity index is 1150. The van der Waals surface area contributed by atoms with Gasteiger partial charge in [0.1, 0.15) is 0 Å². The Balaban J connectivity index is 1.85. The number of ether oxygens (including phenoxy) is 3. The minimum absolute atomic E-state index is 0.0241. The zero-order valence-electron chi connectivity index (χ0n) is 26.2. The highest BCUT2D eigenvalue weighted by Crippen LogP contribution is 2.36. The molecule has 2 N–H and O–H groups in total. The molecule has 1 amide bonds. The molecule has 0 radical (unpaired) electrons. The summed E-state index contributed by atoms with van der Waals surface area (Å²) in [7, 11) is 1.65. The van der Waals surface area contributed by atoms with Crippen molar-refractivity contribution < 1.29 is 19.0 Å². The highest BCUT2D eigenvalue weighted by Gasteiger charge is 2.36. The molecule has 1 aromatic rings. The number of methoxy groups -OCH3 is 1. The molecular formula is C34H51N3O4. The van der Waals surface area contributed by atoms with Crippen molar-refractivity contribution in [3.8, 4) is 0 Å². The maximum absolute atomic E-state index is 13.9. The second-order valence-corrected chi connectivity index (χ2v) is 12.1. The fourth-order valence-corrected chi connectivity index (χ4v) is 6.00. The van der Waals surface area contributed by atoms with Crippen LogP contribution in [-0.2, 0) is 25.5 Å². The summed E-state index contributed by atoms with van der Waals surface area (Å²) in [6.07, 6.45) is 12.4. The first kappa shape index (κ1) is 32.5. The van der Waals surface area contributed by atoms with Crippen molar-refractivity contribution in [1.29, 1.82) is 0 Å². The number of hydrogen-bond acceptors (Lipinski definition) is 6. The van der Waals surface area contributed by atoms with Gasteiger partial charge in [-0.2, -0.15) is 0 Å². The summed E-state index contributed by atoms with van der Waals surface area (Å²) in [5, 5.41) is 0. The van der Waals surface area contributed by atoms with E-state index < -0.39 is 0 Å². The molecule has 7 nitrogen and oxygen atoms in total. The van der Waals surface area contributed by atoms with Gasteiger partial charge in [-0.25, -0.2) is 0 Å². The Morgan fingerprint density at radius 2 is 2.05 bits per heavy atom. The number of anilines is 1. The first-order valence-electron chi connectivity index (χ1n) is 15.0. The third-order valence-electron chi connectivity index (χ3n) is 7.70. The van der Waals surface area contributed by atoms with Crippen molar-refractivity contribution in [2.24, 2.45) is 17.1 Å². The van der Waals surface area contributed by atoms with E-state index in [0.717, 1.165) is 43.5 Å².